The maximum absolute atomic E-state index is 12.5. The highest BCUT2D eigenvalue weighted by molar-refractivity contribution is 5.29. The van der Waals surface area contributed by atoms with Gasteiger partial charge in [-0.05, 0) is 23.9 Å². The summed E-state index contributed by atoms with van der Waals surface area (Å²) in [5, 5.41) is 3.53. The van der Waals surface area contributed by atoms with Crippen LogP contribution in [0.1, 0.15) is 31.2 Å². The second-order valence-corrected chi connectivity index (χ2v) is 5.22. The highest BCUT2D eigenvalue weighted by atomic mass is 19.4. The first kappa shape index (κ1) is 12.4. The highest BCUT2D eigenvalue weighted by Gasteiger charge is 2.58. The fraction of sp³-hybridized carbons (Fsp3) is 0.727. The second-order valence-electron chi connectivity index (χ2n) is 5.22. The van der Waals surface area contributed by atoms with E-state index in [9.17, 15) is 13.2 Å². The molecule has 96 valence electrons. The van der Waals surface area contributed by atoms with Gasteiger partial charge in [0.05, 0.1) is 0 Å². The van der Waals surface area contributed by atoms with Crippen molar-refractivity contribution in [3.63, 3.8) is 0 Å². The Balaban J connectivity index is 2.33. The average molecular weight is 247 g/mol. The number of hydrogen-bond acceptors (Lipinski definition) is 2. The minimum absolute atomic E-state index is 0.0363. The van der Waals surface area contributed by atoms with Gasteiger partial charge in [0, 0.05) is 18.7 Å². The van der Waals surface area contributed by atoms with Crippen LogP contribution in [0.5, 0.6) is 0 Å². The first-order chi connectivity index (χ1) is 7.69. The molecule has 1 aliphatic rings. The van der Waals surface area contributed by atoms with Crippen LogP contribution in [0.3, 0.4) is 0 Å². The summed E-state index contributed by atoms with van der Waals surface area (Å²) in [5.74, 6) is 0.306. The van der Waals surface area contributed by atoms with Crippen LogP contribution in [0.25, 0.3) is 0 Å². The lowest BCUT2D eigenvalue weighted by molar-refractivity contribution is -0.141. The maximum atomic E-state index is 12.5. The van der Waals surface area contributed by atoms with Crippen LogP contribution in [0.4, 0.5) is 13.2 Å². The number of aromatic nitrogens is 2. The van der Waals surface area contributed by atoms with Gasteiger partial charge in [0.1, 0.15) is 0 Å². The normalized spacial score (nSPS) is 27.2. The fourth-order valence-electron chi connectivity index (χ4n) is 2.68. The Morgan fingerprint density at radius 1 is 1.47 bits per heavy atom. The molecular weight excluding hydrogens is 231 g/mol. The van der Waals surface area contributed by atoms with Gasteiger partial charge < -0.3 is 5.73 Å². The maximum Gasteiger partial charge on any atom is 0.435 e. The van der Waals surface area contributed by atoms with E-state index in [-0.39, 0.29) is 17.3 Å². The van der Waals surface area contributed by atoms with E-state index in [1.54, 1.807) is 7.05 Å². The Morgan fingerprint density at radius 3 is 2.41 bits per heavy atom. The quantitative estimate of drug-likeness (QED) is 0.870. The molecule has 0 aromatic carbocycles. The van der Waals surface area contributed by atoms with Crippen LogP contribution in [-0.4, -0.2) is 16.3 Å². The molecule has 0 bridgehead atoms. The van der Waals surface area contributed by atoms with E-state index < -0.39 is 11.9 Å². The molecule has 17 heavy (non-hydrogen) atoms. The Labute approximate surface area is 97.8 Å². The number of hydrogen-bond donors (Lipinski definition) is 1. The predicted molar refractivity (Wildman–Crippen MR) is 57.3 cm³/mol. The largest absolute Gasteiger partial charge is 0.435 e. The molecule has 1 aliphatic carbocycles. The van der Waals surface area contributed by atoms with Gasteiger partial charge in [0.25, 0.3) is 0 Å². The fourth-order valence-corrected chi connectivity index (χ4v) is 2.68. The van der Waals surface area contributed by atoms with Crippen LogP contribution in [0.15, 0.2) is 6.07 Å². The molecule has 1 aromatic heterocycles. The molecule has 0 aliphatic heterocycles. The average Bonchev–Trinajstić information content (AvgIpc) is 2.52. The number of halogens is 3. The van der Waals surface area contributed by atoms with Crippen molar-refractivity contribution < 1.29 is 13.2 Å². The Bertz CT molecular complexity index is 434. The molecule has 1 aromatic rings. The van der Waals surface area contributed by atoms with Gasteiger partial charge in [-0.15, -0.1) is 0 Å². The molecule has 2 rings (SSSR count). The third kappa shape index (κ3) is 1.84. The lowest BCUT2D eigenvalue weighted by atomic mass is 10.1. The van der Waals surface area contributed by atoms with Crippen LogP contribution < -0.4 is 5.73 Å². The topological polar surface area (TPSA) is 43.8 Å². The van der Waals surface area contributed by atoms with Crippen LogP contribution >= 0.6 is 0 Å². The predicted octanol–water partition coefficient (Wildman–Crippen LogP) is 2.14. The number of alkyl halides is 3. The molecule has 0 amide bonds. The van der Waals surface area contributed by atoms with Crippen molar-refractivity contribution in [1.82, 2.24) is 9.78 Å². The van der Waals surface area contributed by atoms with Crippen molar-refractivity contribution >= 4 is 0 Å². The molecular formula is C11H16F3N3. The third-order valence-electron chi connectivity index (χ3n) is 3.83. The molecule has 0 radical (unpaired) electrons. The van der Waals surface area contributed by atoms with Gasteiger partial charge in [0.15, 0.2) is 5.69 Å². The summed E-state index contributed by atoms with van der Waals surface area (Å²) in [7, 11) is 1.55. The van der Waals surface area contributed by atoms with E-state index in [2.05, 4.69) is 5.10 Å². The smallest absolute Gasteiger partial charge is 0.330 e. The van der Waals surface area contributed by atoms with Crippen LogP contribution in [-0.2, 0) is 13.2 Å². The molecule has 0 saturated heterocycles. The molecule has 1 heterocycles. The zero-order valence-electron chi connectivity index (χ0n) is 10.0. The molecule has 2 atom stereocenters. The summed E-state index contributed by atoms with van der Waals surface area (Å²) >= 11 is 0. The van der Waals surface area contributed by atoms with Crippen molar-refractivity contribution in [2.75, 3.05) is 6.54 Å². The number of rotatable bonds is 2. The lowest BCUT2D eigenvalue weighted by Gasteiger charge is -2.02. The summed E-state index contributed by atoms with van der Waals surface area (Å²) in [6, 6.07) is 1.14. The molecule has 3 nitrogen and oxygen atoms in total. The molecule has 0 spiro atoms. The first-order valence-corrected chi connectivity index (χ1v) is 5.50. The number of nitrogens with two attached hydrogens (primary N) is 1. The Hall–Kier alpha value is -1.04. The summed E-state index contributed by atoms with van der Waals surface area (Å²) in [5.41, 5.74) is 5.39. The van der Waals surface area contributed by atoms with Gasteiger partial charge >= 0.3 is 6.18 Å². The minimum atomic E-state index is -4.38. The monoisotopic (exact) mass is 247 g/mol. The molecule has 6 heteroatoms. The summed E-state index contributed by atoms with van der Waals surface area (Å²) in [6.07, 6.45) is -4.38. The van der Waals surface area contributed by atoms with Gasteiger partial charge in [-0.2, -0.15) is 18.3 Å². The molecule has 2 N–H and O–H groups in total. The zero-order valence-corrected chi connectivity index (χ0v) is 10.0. The first-order valence-electron chi connectivity index (χ1n) is 5.50. The Morgan fingerprint density at radius 2 is 2.06 bits per heavy atom. The summed E-state index contributed by atoms with van der Waals surface area (Å²) < 4.78 is 38.9. The van der Waals surface area contributed by atoms with E-state index in [1.165, 1.54) is 4.68 Å². The zero-order chi connectivity index (χ0) is 13.0. The minimum Gasteiger partial charge on any atom is -0.330 e. The lowest BCUT2D eigenvalue weighted by Crippen LogP contribution is -2.06. The number of aryl methyl sites for hydroxylation is 1. The Kier molecular flexibility index (Phi) is 2.54. The van der Waals surface area contributed by atoms with E-state index in [0.29, 0.717) is 12.2 Å². The molecule has 1 fully saturated rings. The highest BCUT2D eigenvalue weighted by Crippen LogP contribution is 2.63. The van der Waals surface area contributed by atoms with Crippen molar-refractivity contribution in [2.45, 2.75) is 25.9 Å². The molecule has 0 unspecified atom stereocenters. The third-order valence-corrected chi connectivity index (χ3v) is 3.83. The van der Waals surface area contributed by atoms with E-state index >= 15 is 0 Å². The van der Waals surface area contributed by atoms with Gasteiger partial charge in [-0.3, -0.25) is 4.68 Å². The van der Waals surface area contributed by atoms with Crippen LogP contribution in [0, 0.1) is 11.3 Å². The van der Waals surface area contributed by atoms with Crippen molar-refractivity contribution in [1.29, 1.82) is 0 Å². The standard InChI is InChI=1S/C11H16F3N3/c1-10(2)6(5-15)9(10)7-4-8(11(12,13)14)16-17(7)3/h4,6,9H,5,15H2,1-3H3/t6-,9+/m1/s1. The van der Waals surface area contributed by atoms with Gasteiger partial charge in [-0.1, -0.05) is 13.8 Å². The van der Waals surface area contributed by atoms with Gasteiger partial charge in [-0.25, -0.2) is 0 Å². The van der Waals surface area contributed by atoms with Crippen molar-refractivity contribution in [2.24, 2.45) is 24.1 Å². The van der Waals surface area contributed by atoms with Crippen LogP contribution in [0.2, 0.25) is 0 Å². The molecule has 1 saturated carbocycles. The SMILES string of the molecule is Cn1nc(C(F)(F)F)cc1[C@@H]1[C@@H](CN)C1(C)C. The number of nitrogens with zero attached hydrogens (tertiary/aromatic N) is 2. The van der Waals surface area contributed by atoms with Crippen molar-refractivity contribution in [3.8, 4) is 0 Å². The van der Waals surface area contributed by atoms with E-state index in [4.69, 9.17) is 5.73 Å². The van der Waals surface area contributed by atoms with E-state index in [1.807, 2.05) is 13.8 Å². The summed E-state index contributed by atoms with van der Waals surface area (Å²) in [4.78, 5) is 0. The summed E-state index contributed by atoms with van der Waals surface area (Å²) in [6.45, 7) is 4.54. The van der Waals surface area contributed by atoms with Gasteiger partial charge in [0.2, 0.25) is 0 Å². The van der Waals surface area contributed by atoms with E-state index in [0.717, 1.165) is 6.07 Å². The second kappa shape index (κ2) is 3.48. The van der Waals surface area contributed by atoms with Crippen molar-refractivity contribution in [3.05, 3.63) is 17.5 Å².